The molecule has 6 N–H and O–H groups in total. The van der Waals surface area contributed by atoms with Gasteiger partial charge in [0, 0.05) is 37.3 Å². The Balaban J connectivity index is 1.66. The summed E-state index contributed by atoms with van der Waals surface area (Å²) in [4.78, 5) is 33.8. The molecule has 1 unspecified atom stereocenters. The number of nitrogens with two attached hydrogens (primary N) is 1. The highest BCUT2D eigenvalue weighted by atomic mass is 32.2. The molecular formula is C27H33N7O6S. The first kappa shape index (κ1) is 30.0. The second-order valence-electron chi connectivity index (χ2n) is 9.01. The summed E-state index contributed by atoms with van der Waals surface area (Å²) in [5.74, 6) is -1.18. The van der Waals surface area contributed by atoms with Crippen molar-refractivity contribution in [3.8, 4) is 17.0 Å². The van der Waals surface area contributed by atoms with Crippen LogP contribution in [0.3, 0.4) is 0 Å². The molecule has 2 aromatic carbocycles. The number of benzene rings is 2. The number of ether oxygens (including phenoxy) is 2. The predicted octanol–water partition coefficient (Wildman–Crippen LogP) is 1.11. The first-order valence-electron chi connectivity index (χ1n) is 13.0. The van der Waals surface area contributed by atoms with E-state index in [1.165, 1.54) is 10.5 Å². The minimum atomic E-state index is -1.71. The van der Waals surface area contributed by atoms with Crippen LogP contribution in [0.1, 0.15) is 16.1 Å². The van der Waals surface area contributed by atoms with Gasteiger partial charge in [0.2, 0.25) is 0 Å². The third-order valence-corrected chi connectivity index (χ3v) is 7.52. The van der Waals surface area contributed by atoms with E-state index >= 15 is 0 Å². The standard InChI is InChI=1S/C27H33N7O6S/c1-29-15-19-3-2-4-21-25(19)40-14-13-39-12-10-30-9-11-34(17-23(35)36)41(38)20-7-5-18(6-8-20)22-16-31-26(28)24(32-22)27(37)33-21/h2-8,16,29-30H,9-15,17H2,1H3,(H2,28,31)(H,33,37)(H,35,36). The Morgan fingerprint density at radius 3 is 2.73 bits per heavy atom. The summed E-state index contributed by atoms with van der Waals surface area (Å²) >= 11 is 0. The van der Waals surface area contributed by atoms with E-state index in [0.29, 0.717) is 60.4 Å². The monoisotopic (exact) mass is 583 g/mol. The van der Waals surface area contributed by atoms with Gasteiger partial charge in [-0.15, -0.1) is 0 Å². The molecule has 3 aromatic rings. The molecule has 0 saturated carbocycles. The zero-order valence-corrected chi connectivity index (χ0v) is 23.4. The van der Waals surface area contributed by atoms with Crippen LogP contribution in [0.25, 0.3) is 11.3 Å². The van der Waals surface area contributed by atoms with Crippen molar-refractivity contribution in [2.75, 3.05) is 64.1 Å². The molecule has 14 heteroatoms. The van der Waals surface area contributed by atoms with E-state index in [2.05, 4.69) is 25.9 Å². The van der Waals surface area contributed by atoms with Gasteiger partial charge in [0.1, 0.15) is 29.9 Å². The number of hydrogen-bond acceptors (Lipinski definition) is 10. The highest BCUT2D eigenvalue weighted by Crippen LogP contribution is 2.30. The third-order valence-electron chi connectivity index (χ3n) is 6.06. The summed E-state index contributed by atoms with van der Waals surface area (Å²) in [7, 11) is 0.105. The third kappa shape index (κ3) is 8.05. The van der Waals surface area contributed by atoms with Crippen molar-refractivity contribution in [2.24, 2.45) is 0 Å². The van der Waals surface area contributed by atoms with E-state index in [4.69, 9.17) is 15.2 Å². The molecule has 0 fully saturated rings. The molecule has 0 saturated heterocycles. The van der Waals surface area contributed by atoms with Gasteiger partial charge in [0.05, 0.1) is 35.7 Å². The van der Waals surface area contributed by atoms with Crippen molar-refractivity contribution in [1.82, 2.24) is 24.9 Å². The Labute approximate surface area is 240 Å². The summed E-state index contributed by atoms with van der Waals surface area (Å²) in [5, 5.41) is 18.5. The van der Waals surface area contributed by atoms with Crippen LogP contribution in [-0.2, 0) is 27.1 Å². The zero-order chi connectivity index (χ0) is 29.2. The predicted molar refractivity (Wildman–Crippen MR) is 154 cm³/mol. The molecule has 1 amide bonds. The lowest BCUT2D eigenvalue weighted by atomic mass is 10.1. The number of carboxylic acid groups (broad SMARTS) is 1. The summed E-state index contributed by atoms with van der Waals surface area (Å²) in [6.45, 7) is 2.24. The van der Waals surface area contributed by atoms with Crippen molar-refractivity contribution >= 4 is 34.4 Å². The normalized spacial score (nSPS) is 17.4. The fourth-order valence-electron chi connectivity index (χ4n) is 4.11. The lowest BCUT2D eigenvalue weighted by Gasteiger charge is -2.20. The number of para-hydroxylation sites is 1. The van der Waals surface area contributed by atoms with Gasteiger partial charge in [-0.2, -0.15) is 0 Å². The van der Waals surface area contributed by atoms with Crippen molar-refractivity contribution in [3.63, 3.8) is 0 Å². The highest BCUT2D eigenvalue weighted by Gasteiger charge is 2.20. The molecular weight excluding hydrogens is 550 g/mol. The molecule has 218 valence electrons. The molecule has 41 heavy (non-hydrogen) atoms. The SMILES string of the molecule is CNCc1cccc2c1OCCOCCNCCN(CC(=O)O)S(=O)c1ccc(cc1)-c1cnc(N)c(n1)C(=O)N2. The maximum absolute atomic E-state index is 13.3. The average Bonchev–Trinajstić information content (AvgIpc) is 2.96. The summed E-state index contributed by atoms with van der Waals surface area (Å²) < 4.78 is 26.2. The second kappa shape index (κ2) is 14.6. The van der Waals surface area contributed by atoms with Gasteiger partial charge in [0.25, 0.3) is 5.91 Å². The van der Waals surface area contributed by atoms with Crippen LogP contribution in [0.15, 0.2) is 53.6 Å². The Kier molecular flexibility index (Phi) is 10.7. The van der Waals surface area contributed by atoms with E-state index in [1.807, 2.05) is 19.2 Å². The number of nitrogens with zero attached hydrogens (tertiary/aromatic N) is 3. The molecule has 2 aliphatic rings. The van der Waals surface area contributed by atoms with Crippen molar-refractivity contribution < 1.29 is 28.4 Å². The number of carbonyl (C=O) groups excluding carboxylic acids is 1. The number of aromatic nitrogens is 2. The molecule has 1 aromatic heterocycles. The fourth-order valence-corrected chi connectivity index (χ4v) is 5.26. The fraction of sp³-hybridized carbons (Fsp3) is 0.333. The number of aliphatic carboxylic acids is 1. The lowest BCUT2D eigenvalue weighted by Crippen LogP contribution is -2.37. The minimum Gasteiger partial charge on any atom is -0.489 e. The minimum absolute atomic E-state index is 0.0430. The van der Waals surface area contributed by atoms with E-state index < -0.39 is 22.9 Å². The second-order valence-corrected chi connectivity index (χ2v) is 10.5. The van der Waals surface area contributed by atoms with Crippen LogP contribution in [0.2, 0.25) is 0 Å². The Morgan fingerprint density at radius 2 is 1.98 bits per heavy atom. The van der Waals surface area contributed by atoms with Crippen LogP contribution in [-0.4, -0.2) is 88.5 Å². The van der Waals surface area contributed by atoms with Gasteiger partial charge in [-0.3, -0.25) is 9.59 Å². The van der Waals surface area contributed by atoms with Crippen molar-refractivity contribution in [3.05, 3.63) is 59.9 Å². The molecule has 13 nitrogen and oxygen atoms in total. The molecule has 5 rings (SSSR count). The van der Waals surface area contributed by atoms with Gasteiger partial charge in [-0.05, 0) is 25.2 Å². The average molecular weight is 584 g/mol. The Hall–Kier alpha value is -3.95. The molecule has 2 aliphatic heterocycles. The first-order chi connectivity index (χ1) is 19.9. The topological polar surface area (TPSA) is 181 Å². The summed E-state index contributed by atoms with van der Waals surface area (Å²) in [6.07, 6.45) is 1.45. The molecule has 1 atom stereocenters. The van der Waals surface area contributed by atoms with Crippen LogP contribution in [0.5, 0.6) is 5.75 Å². The summed E-state index contributed by atoms with van der Waals surface area (Å²) in [6, 6.07) is 12.1. The smallest absolute Gasteiger partial charge is 0.318 e. The van der Waals surface area contributed by atoms with Gasteiger partial charge in [0.15, 0.2) is 11.5 Å². The number of carboxylic acids is 1. The number of anilines is 2. The number of carbonyl (C=O) groups is 2. The molecule has 0 spiro atoms. The largest absolute Gasteiger partial charge is 0.489 e. The van der Waals surface area contributed by atoms with Crippen molar-refractivity contribution in [1.29, 1.82) is 0 Å². The molecule has 3 heterocycles. The van der Waals surface area contributed by atoms with Crippen LogP contribution in [0.4, 0.5) is 11.5 Å². The number of hydrogen-bond donors (Lipinski definition) is 5. The van der Waals surface area contributed by atoms with E-state index in [-0.39, 0.29) is 31.2 Å². The van der Waals surface area contributed by atoms with Crippen molar-refractivity contribution in [2.45, 2.75) is 11.4 Å². The Morgan fingerprint density at radius 1 is 1.17 bits per heavy atom. The quantitative estimate of drug-likeness (QED) is 0.278. The highest BCUT2D eigenvalue weighted by molar-refractivity contribution is 7.82. The summed E-state index contributed by atoms with van der Waals surface area (Å²) in [5.41, 5.74) is 8.26. The van der Waals surface area contributed by atoms with Gasteiger partial charge < -0.3 is 36.3 Å². The number of amides is 1. The molecule has 4 bridgehead atoms. The number of nitrogen functional groups attached to an aromatic ring is 1. The number of fused-ring (bicyclic) bond motifs is 13. The van der Waals surface area contributed by atoms with E-state index in [9.17, 15) is 18.9 Å². The number of rotatable bonds is 4. The Bertz CT molecular complexity index is 1390. The number of nitrogens with one attached hydrogen (secondary N) is 3. The van der Waals surface area contributed by atoms with Crippen LogP contribution < -0.4 is 26.4 Å². The molecule has 0 aliphatic carbocycles. The van der Waals surface area contributed by atoms with E-state index in [0.717, 1.165) is 5.56 Å². The van der Waals surface area contributed by atoms with Gasteiger partial charge in [-0.1, -0.05) is 24.3 Å². The maximum atomic E-state index is 13.3. The zero-order valence-electron chi connectivity index (χ0n) is 22.6. The van der Waals surface area contributed by atoms with Gasteiger partial charge >= 0.3 is 5.97 Å². The van der Waals surface area contributed by atoms with Crippen LogP contribution in [0, 0.1) is 0 Å². The van der Waals surface area contributed by atoms with Gasteiger partial charge in [-0.25, -0.2) is 18.5 Å². The van der Waals surface area contributed by atoms with E-state index in [1.54, 1.807) is 30.3 Å². The lowest BCUT2D eigenvalue weighted by molar-refractivity contribution is -0.137. The first-order valence-corrected chi connectivity index (χ1v) is 14.1. The van der Waals surface area contributed by atoms with Crippen LogP contribution >= 0.6 is 0 Å². The maximum Gasteiger partial charge on any atom is 0.318 e. The molecule has 0 radical (unpaired) electrons.